The van der Waals surface area contributed by atoms with Crippen molar-refractivity contribution in [2.75, 3.05) is 19.6 Å². The van der Waals surface area contributed by atoms with E-state index in [1.165, 1.54) is 4.90 Å². The van der Waals surface area contributed by atoms with Crippen molar-refractivity contribution in [3.05, 3.63) is 35.4 Å². The van der Waals surface area contributed by atoms with Crippen LogP contribution < -0.4 is 10.6 Å². The molecule has 0 bridgehead atoms. The fraction of sp³-hybridized carbons (Fsp3) is 0.450. The smallest absolute Gasteiger partial charge is 0.322 e. The molecule has 2 aliphatic rings. The lowest BCUT2D eigenvalue weighted by Gasteiger charge is -2.32. The van der Waals surface area contributed by atoms with Gasteiger partial charge in [0.05, 0.1) is 17.7 Å². The molecule has 1 heterocycles. The summed E-state index contributed by atoms with van der Waals surface area (Å²) in [6.07, 6.45) is 3.06. The van der Waals surface area contributed by atoms with E-state index in [-0.39, 0.29) is 36.7 Å². The number of hydrogen-bond donors (Lipinski definition) is 3. The van der Waals surface area contributed by atoms with Crippen molar-refractivity contribution in [1.29, 1.82) is 0 Å². The predicted octanol–water partition coefficient (Wildman–Crippen LogP) is 0.406. The number of aliphatic carboxylic acids is 1. The molecule has 0 radical (unpaired) electrons. The van der Waals surface area contributed by atoms with Crippen molar-refractivity contribution >= 4 is 29.6 Å². The number of nitrogens with one attached hydrogen (secondary N) is 2. The number of carboxylic acid groups (broad SMARTS) is 1. The number of nitrogens with zero attached hydrogens (tertiary/aromatic N) is 1. The lowest BCUT2D eigenvalue weighted by atomic mass is 9.78. The van der Waals surface area contributed by atoms with Crippen LogP contribution in [0.1, 0.15) is 46.4 Å². The van der Waals surface area contributed by atoms with E-state index >= 15 is 0 Å². The van der Waals surface area contributed by atoms with E-state index in [0.29, 0.717) is 24.0 Å². The van der Waals surface area contributed by atoms with E-state index < -0.39 is 24.3 Å². The van der Waals surface area contributed by atoms with Gasteiger partial charge in [-0.3, -0.25) is 28.9 Å². The predicted molar refractivity (Wildman–Crippen MR) is 101 cm³/mol. The van der Waals surface area contributed by atoms with Crippen molar-refractivity contribution in [2.24, 2.45) is 11.8 Å². The first-order valence-corrected chi connectivity index (χ1v) is 9.60. The second-order valence-corrected chi connectivity index (χ2v) is 7.31. The van der Waals surface area contributed by atoms with Crippen LogP contribution in [0.3, 0.4) is 0 Å². The maximum absolute atomic E-state index is 12.6. The number of hydrogen-bond acceptors (Lipinski definition) is 5. The third kappa shape index (κ3) is 4.61. The Hall–Kier alpha value is -3.23. The molecule has 1 aliphatic heterocycles. The number of carbonyl (C=O) groups excluding carboxylic acids is 4. The third-order valence-electron chi connectivity index (χ3n) is 5.40. The minimum atomic E-state index is -1.17. The zero-order valence-electron chi connectivity index (χ0n) is 15.8. The zero-order chi connectivity index (χ0) is 21.0. The largest absolute Gasteiger partial charge is 0.480 e. The fourth-order valence-corrected chi connectivity index (χ4v) is 3.95. The lowest BCUT2D eigenvalue weighted by molar-refractivity contribution is -0.137. The second kappa shape index (κ2) is 8.85. The molecule has 2 unspecified atom stereocenters. The average molecular weight is 401 g/mol. The van der Waals surface area contributed by atoms with Crippen molar-refractivity contribution in [1.82, 2.24) is 15.5 Å². The SMILES string of the molecule is O=C(O)CNC(=O)CNC(=O)C1CCCCC1CN1C(=O)c2ccccc2C1=O. The van der Waals surface area contributed by atoms with Crippen LogP contribution in [-0.2, 0) is 14.4 Å². The first-order chi connectivity index (χ1) is 13.9. The van der Waals surface area contributed by atoms with Crippen molar-refractivity contribution in [2.45, 2.75) is 25.7 Å². The van der Waals surface area contributed by atoms with E-state index in [4.69, 9.17) is 5.11 Å². The second-order valence-electron chi connectivity index (χ2n) is 7.31. The molecule has 9 nitrogen and oxygen atoms in total. The first kappa shape index (κ1) is 20.5. The van der Waals surface area contributed by atoms with Gasteiger partial charge in [0.15, 0.2) is 0 Å². The van der Waals surface area contributed by atoms with Gasteiger partial charge in [0.1, 0.15) is 6.54 Å². The molecule has 4 amide bonds. The van der Waals surface area contributed by atoms with Gasteiger partial charge in [-0.15, -0.1) is 0 Å². The number of imide groups is 1. The van der Waals surface area contributed by atoms with Crippen LogP contribution in [0.15, 0.2) is 24.3 Å². The van der Waals surface area contributed by atoms with Gasteiger partial charge in [0.2, 0.25) is 11.8 Å². The van der Waals surface area contributed by atoms with E-state index in [2.05, 4.69) is 10.6 Å². The molecule has 1 aromatic carbocycles. The third-order valence-corrected chi connectivity index (χ3v) is 5.40. The molecule has 29 heavy (non-hydrogen) atoms. The summed E-state index contributed by atoms with van der Waals surface area (Å²) in [6.45, 7) is -0.668. The number of carbonyl (C=O) groups is 5. The van der Waals surface area contributed by atoms with Crippen LogP contribution in [0, 0.1) is 11.8 Å². The number of amides is 4. The first-order valence-electron chi connectivity index (χ1n) is 9.60. The number of fused-ring (bicyclic) bond motifs is 1. The minimum Gasteiger partial charge on any atom is -0.480 e. The molecule has 0 aromatic heterocycles. The van der Waals surface area contributed by atoms with Crippen LogP contribution in [-0.4, -0.2) is 59.2 Å². The highest BCUT2D eigenvalue weighted by atomic mass is 16.4. The molecule has 1 fully saturated rings. The van der Waals surface area contributed by atoms with Gasteiger partial charge >= 0.3 is 5.97 Å². The summed E-state index contributed by atoms with van der Waals surface area (Å²) >= 11 is 0. The molecule has 3 N–H and O–H groups in total. The molecule has 1 aliphatic carbocycles. The quantitative estimate of drug-likeness (QED) is 0.567. The number of rotatable bonds is 7. The summed E-state index contributed by atoms with van der Waals surface area (Å²) in [4.78, 5) is 61.1. The highest BCUT2D eigenvalue weighted by molar-refractivity contribution is 6.21. The van der Waals surface area contributed by atoms with Crippen molar-refractivity contribution in [3.63, 3.8) is 0 Å². The topological polar surface area (TPSA) is 133 Å². The number of benzene rings is 1. The zero-order valence-corrected chi connectivity index (χ0v) is 15.8. The Morgan fingerprint density at radius 2 is 1.59 bits per heavy atom. The summed E-state index contributed by atoms with van der Waals surface area (Å²) in [5.41, 5.74) is 0.758. The molecule has 154 valence electrons. The van der Waals surface area contributed by atoms with Crippen LogP contribution in [0.2, 0.25) is 0 Å². The molecule has 1 saturated carbocycles. The van der Waals surface area contributed by atoms with Gasteiger partial charge in [0.25, 0.3) is 11.8 Å². The van der Waals surface area contributed by atoms with Crippen molar-refractivity contribution < 1.29 is 29.1 Å². The fourth-order valence-electron chi connectivity index (χ4n) is 3.95. The summed E-state index contributed by atoms with van der Waals surface area (Å²) < 4.78 is 0. The summed E-state index contributed by atoms with van der Waals surface area (Å²) in [5, 5.41) is 13.3. The van der Waals surface area contributed by atoms with Gasteiger partial charge in [-0.25, -0.2) is 0 Å². The Kier molecular flexibility index (Phi) is 6.26. The van der Waals surface area contributed by atoms with E-state index in [1.54, 1.807) is 24.3 Å². The van der Waals surface area contributed by atoms with Gasteiger partial charge in [0, 0.05) is 12.5 Å². The molecule has 2 atom stereocenters. The Morgan fingerprint density at radius 1 is 0.966 bits per heavy atom. The minimum absolute atomic E-state index is 0.162. The maximum Gasteiger partial charge on any atom is 0.322 e. The van der Waals surface area contributed by atoms with E-state index in [9.17, 15) is 24.0 Å². The molecule has 0 spiro atoms. The highest BCUT2D eigenvalue weighted by Crippen LogP contribution is 2.33. The Labute approximate surface area is 167 Å². The molecular formula is C20H23N3O6. The summed E-state index contributed by atoms with van der Waals surface area (Å²) in [6, 6.07) is 6.66. The Balaban J connectivity index is 1.61. The normalized spacial score (nSPS) is 20.9. The average Bonchev–Trinajstić information content (AvgIpc) is 2.96. The maximum atomic E-state index is 12.6. The monoisotopic (exact) mass is 401 g/mol. The summed E-state index contributed by atoms with van der Waals surface area (Å²) in [5.74, 6) is -3.37. The van der Waals surface area contributed by atoms with Crippen LogP contribution >= 0.6 is 0 Å². The van der Waals surface area contributed by atoms with Crippen LogP contribution in [0.4, 0.5) is 0 Å². The highest BCUT2D eigenvalue weighted by Gasteiger charge is 2.40. The van der Waals surface area contributed by atoms with Crippen molar-refractivity contribution in [3.8, 4) is 0 Å². The molecule has 1 aromatic rings. The van der Waals surface area contributed by atoms with Gasteiger partial charge in [-0.1, -0.05) is 25.0 Å². The Bertz CT molecular complexity index is 817. The molecular weight excluding hydrogens is 378 g/mol. The summed E-state index contributed by atoms with van der Waals surface area (Å²) in [7, 11) is 0. The lowest BCUT2D eigenvalue weighted by Crippen LogP contribution is -2.46. The Morgan fingerprint density at radius 3 is 2.21 bits per heavy atom. The molecule has 3 rings (SSSR count). The van der Waals surface area contributed by atoms with Gasteiger partial charge in [-0.2, -0.15) is 0 Å². The number of carboxylic acids is 1. The van der Waals surface area contributed by atoms with Crippen LogP contribution in [0.5, 0.6) is 0 Å². The van der Waals surface area contributed by atoms with Crippen LogP contribution in [0.25, 0.3) is 0 Å². The van der Waals surface area contributed by atoms with Gasteiger partial charge in [-0.05, 0) is 30.9 Å². The molecule has 9 heteroatoms. The molecule has 0 saturated heterocycles. The standard InChI is InChI=1S/C20H23N3O6/c24-16(21-10-17(25)26)9-22-18(27)13-6-2-1-5-12(13)11-23-19(28)14-7-3-4-8-15(14)20(23)29/h3-4,7-8,12-13H,1-2,5-6,9-11H2,(H,21,24)(H,22,27)(H,25,26). The van der Waals surface area contributed by atoms with E-state index in [0.717, 1.165) is 12.8 Å². The van der Waals surface area contributed by atoms with E-state index in [1.807, 2.05) is 0 Å². The van der Waals surface area contributed by atoms with Gasteiger partial charge < -0.3 is 15.7 Å².